The lowest BCUT2D eigenvalue weighted by molar-refractivity contribution is -0.131. The minimum absolute atomic E-state index is 0.0620. The molecule has 1 unspecified atom stereocenters. The number of benzene rings is 2. The molecule has 1 atom stereocenters. The molecule has 1 heterocycles. The second-order valence-corrected chi connectivity index (χ2v) is 8.18. The molecule has 0 amide bonds. The van der Waals surface area contributed by atoms with Gasteiger partial charge in [-0.25, -0.2) is 0 Å². The first-order valence-corrected chi connectivity index (χ1v) is 10.3. The van der Waals surface area contributed by atoms with Crippen LogP contribution in [0.2, 0.25) is 0 Å². The number of esters is 1. The molecule has 1 aliphatic heterocycles. The number of ether oxygens (including phenoxy) is 1. The van der Waals surface area contributed by atoms with Crippen LogP contribution in [-0.4, -0.2) is 41.4 Å². The molecular weight excluding hydrogens is 366 g/mol. The molecule has 1 saturated heterocycles. The maximum absolute atomic E-state index is 13.2. The zero-order chi connectivity index (χ0) is 20.4. The first-order valence-electron chi connectivity index (χ1n) is 10.3. The van der Waals surface area contributed by atoms with Gasteiger partial charge in [0.25, 0.3) is 0 Å². The maximum Gasteiger partial charge on any atom is 0.308 e. The average molecular weight is 393 g/mol. The third kappa shape index (κ3) is 4.11. The fourth-order valence-corrected chi connectivity index (χ4v) is 4.60. The van der Waals surface area contributed by atoms with E-state index in [1.807, 2.05) is 42.5 Å². The van der Waals surface area contributed by atoms with Gasteiger partial charge in [-0.3, -0.25) is 9.59 Å². The van der Waals surface area contributed by atoms with Crippen LogP contribution in [0.4, 0.5) is 0 Å². The van der Waals surface area contributed by atoms with Gasteiger partial charge in [-0.15, -0.1) is 0 Å². The van der Waals surface area contributed by atoms with Crippen LogP contribution in [0.1, 0.15) is 47.7 Å². The zero-order valence-electron chi connectivity index (χ0n) is 16.8. The number of ketones is 1. The Labute approximate surface area is 171 Å². The molecule has 152 valence electrons. The lowest BCUT2D eigenvalue weighted by Gasteiger charge is -2.40. The molecule has 0 spiro atoms. The highest BCUT2D eigenvalue weighted by molar-refractivity contribution is 6.03. The second-order valence-electron chi connectivity index (χ2n) is 8.18. The van der Waals surface area contributed by atoms with Crippen LogP contribution in [0, 0.1) is 5.92 Å². The van der Waals surface area contributed by atoms with Crippen molar-refractivity contribution in [1.29, 1.82) is 0 Å². The van der Waals surface area contributed by atoms with Crippen molar-refractivity contribution in [1.82, 2.24) is 4.90 Å². The Hall–Kier alpha value is -2.50. The van der Waals surface area contributed by atoms with E-state index in [9.17, 15) is 14.7 Å². The van der Waals surface area contributed by atoms with Gasteiger partial charge in [-0.1, -0.05) is 42.5 Å². The third-order valence-electron chi connectivity index (χ3n) is 6.22. The summed E-state index contributed by atoms with van der Waals surface area (Å²) in [5, 5.41) is 11.0. The Morgan fingerprint density at radius 3 is 2.55 bits per heavy atom. The van der Waals surface area contributed by atoms with Gasteiger partial charge in [0.2, 0.25) is 0 Å². The van der Waals surface area contributed by atoms with Gasteiger partial charge in [0.1, 0.15) is 5.75 Å². The molecule has 0 radical (unpaired) electrons. The van der Waals surface area contributed by atoms with Crippen molar-refractivity contribution in [3.63, 3.8) is 0 Å². The van der Waals surface area contributed by atoms with Crippen molar-refractivity contribution in [2.75, 3.05) is 19.6 Å². The van der Waals surface area contributed by atoms with Gasteiger partial charge >= 0.3 is 5.97 Å². The van der Waals surface area contributed by atoms with E-state index in [-0.39, 0.29) is 11.7 Å². The van der Waals surface area contributed by atoms with Gasteiger partial charge in [-0.2, -0.15) is 0 Å². The monoisotopic (exact) mass is 393 g/mol. The van der Waals surface area contributed by atoms with Crippen LogP contribution in [0.3, 0.4) is 0 Å². The number of carbonyl (C=O) groups excluding carboxylic acids is 2. The van der Waals surface area contributed by atoms with Crippen LogP contribution in [0.25, 0.3) is 0 Å². The number of aliphatic hydroxyl groups is 1. The SMILES string of the molecule is CC(=O)Oc1cccc2c1C(=O)C(CN1CCC(O)(c3ccccc3)CC1)CC2. The van der Waals surface area contributed by atoms with E-state index in [4.69, 9.17) is 4.74 Å². The fraction of sp³-hybridized carbons (Fsp3) is 0.417. The van der Waals surface area contributed by atoms with Gasteiger partial charge in [0.15, 0.2) is 5.78 Å². The van der Waals surface area contributed by atoms with E-state index in [1.165, 1.54) is 6.92 Å². The maximum atomic E-state index is 13.2. The molecule has 1 N–H and O–H groups in total. The number of hydrogen-bond acceptors (Lipinski definition) is 5. The molecule has 1 aliphatic carbocycles. The number of aryl methyl sites for hydroxylation is 1. The smallest absolute Gasteiger partial charge is 0.308 e. The minimum Gasteiger partial charge on any atom is -0.426 e. The first kappa shape index (κ1) is 19.8. The molecular formula is C24H27NO4. The number of Topliss-reactive ketones (excluding diaryl/α,β-unsaturated/α-hetero) is 1. The van der Waals surface area contributed by atoms with Crippen molar-refractivity contribution in [3.05, 3.63) is 65.2 Å². The lowest BCUT2D eigenvalue weighted by atomic mass is 9.80. The number of likely N-dealkylation sites (tertiary alicyclic amines) is 1. The summed E-state index contributed by atoms with van der Waals surface area (Å²) in [6.45, 7) is 3.55. The molecule has 2 aliphatic rings. The summed E-state index contributed by atoms with van der Waals surface area (Å²) in [4.78, 5) is 26.9. The zero-order valence-corrected chi connectivity index (χ0v) is 16.8. The molecule has 2 aromatic carbocycles. The Morgan fingerprint density at radius 2 is 1.86 bits per heavy atom. The number of piperidine rings is 1. The number of hydrogen-bond donors (Lipinski definition) is 1. The summed E-state index contributed by atoms with van der Waals surface area (Å²) in [5.74, 6) is -0.0829. The normalized spacial score (nSPS) is 21.4. The number of nitrogens with zero attached hydrogens (tertiary/aromatic N) is 1. The Balaban J connectivity index is 1.43. The van der Waals surface area contributed by atoms with Gasteiger partial charge < -0.3 is 14.7 Å². The van der Waals surface area contributed by atoms with Crippen LogP contribution in [0.5, 0.6) is 5.75 Å². The van der Waals surface area contributed by atoms with E-state index in [2.05, 4.69) is 4.90 Å². The van der Waals surface area contributed by atoms with Crippen molar-refractivity contribution < 1.29 is 19.4 Å². The van der Waals surface area contributed by atoms with Crippen LogP contribution in [-0.2, 0) is 16.8 Å². The van der Waals surface area contributed by atoms with Gasteiger partial charge in [-0.05, 0) is 42.9 Å². The topological polar surface area (TPSA) is 66.8 Å². The molecule has 5 nitrogen and oxygen atoms in total. The lowest BCUT2D eigenvalue weighted by Crippen LogP contribution is -2.45. The quantitative estimate of drug-likeness (QED) is 0.637. The summed E-state index contributed by atoms with van der Waals surface area (Å²) in [7, 11) is 0. The highest BCUT2D eigenvalue weighted by Gasteiger charge is 2.37. The van der Waals surface area contributed by atoms with Crippen molar-refractivity contribution in [2.45, 2.75) is 38.2 Å². The fourth-order valence-electron chi connectivity index (χ4n) is 4.60. The molecule has 0 aromatic heterocycles. The molecule has 1 fully saturated rings. The largest absolute Gasteiger partial charge is 0.426 e. The Morgan fingerprint density at radius 1 is 1.14 bits per heavy atom. The minimum atomic E-state index is -0.788. The summed E-state index contributed by atoms with van der Waals surface area (Å²) in [5.41, 5.74) is 1.70. The van der Waals surface area contributed by atoms with Crippen LogP contribution < -0.4 is 4.74 Å². The highest BCUT2D eigenvalue weighted by Crippen LogP contribution is 2.36. The predicted molar refractivity (Wildman–Crippen MR) is 110 cm³/mol. The third-order valence-corrected chi connectivity index (χ3v) is 6.22. The summed E-state index contributed by atoms with van der Waals surface area (Å²) in [6, 6.07) is 15.3. The highest BCUT2D eigenvalue weighted by atomic mass is 16.5. The number of carbonyl (C=O) groups is 2. The van der Waals surface area contributed by atoms with Crippen LogP contribution in [0.15, 0.2) is 48.5 Å². The van der Waals surface area contributed by atoms with E-state index in [0.717, 1.165) is 37.1 Å². The Bertz CT molecular complexity index is 900. The Kier molecular flexibility index (Phi) is 5.52. The predicted octanol–water partition coefficient (Wildman–Crippen LogP) is 3.34. The second kappa shape index (κ2) is 8.09. The van der Waals surface area contributed by atoms with Crippen molar-refractivity contribution >= 4 is 11.8 Å². The standard InChI is InChI=1S/C24H27NO4/c1-17(26)29-21-9-5-6-18-10-11-19(23(27)22(18)21)16-25-14-12-24(28,13-15-25)20-7-3-2-4-8-20/h2-9,19,28H,10-16H2,1H3. The average Bonchev–Trinajstić information content (AvgIpc) is 2.72. The summed E-state index contributed by atoms with van der Waals surface area (Å²) >= 11 is 0. The van der Waals surface area contributed by atoms with E-state index in [0.29, 0.717) is 30.7 Å². The molecule has 5 heteroatoms. The molecule has 0 saturated carbocycles. The molecule has 0 bridgehead atoms. The van der Waals surface area contributed by atoms with Gasteiger partial charge in [0, 0.05) is 32.5 Å². The van der Waals surface area contributed by atoms with Crippen LogP contribution >= 0.6 is 0 Å². The molecule has 4 rings (SSSR count). The first-order chi connectivity index (χ1) is 14.0. The van der Waals surface area contributed by atoms with Crippen molar-refractivity contribution in [2.24, 2.45) is 5.92 Å². The van der Waals surface area contributed by atoms with E-state index in [1.54, 1.807) is 6.07 Å². The number of fused-ring (bicyclic) bond motifs is 1. The number of rotatable bonds is 4. The summed E-state index contributed by atoms with van der Waals surface area (Å²) in [6.07, 6.45) is 2.93. The molecule has 29 heavy (non-hydrogen) atoms. The van der Waals surface area contributed by atoms with E-state index >= 15 is 0 Å². The summed E-state index contributed by atoms with van der Waals surface area (Å²) < 4.78 is 5.29. The van der Waals surface area contributed by atoms with E-state index < -0.39 is 11.6 Å². The van der Waals surface area contributed by atoms with Gasteiger partial charge in [0.05, 0.1) is 11.2 Å². The molecule has 2 aromatic rings. The van der Waals surface area contributed by atoms with Crippen molar-refractivity contribution in [3.8, 4) is 5.75 Å².